The number of unbranched alkanes of at least 4 members (excludes halogenated alkanes) is 1. The lowest BCUT2D eigenvalue weighted by Gasteiger charge is -2.11. The summed E-state index contributed by atoms with van der Waals surface area (Å²) in [5.41, 5.74) is 2.12. The number of benzene rings is 2. The van der Waals surface area contributed by atoms with Gasteiger partial charge in [0.1, 0.15) is 11.6 Å². The third-order valence-electron chi connectivity index (χ3n) is 4.33. The molecule has 3 rings (SSSR count). The number of imidazole rings is 1. The van der Waals surface area contributed by atoms with Crippen molar-refractivity contribution in [1.82, 2.24) is 14.9 Å². The second kappa shape index (κ2) is 9.42. The van der Waals surface area contributed by atoms with Gasteiger partial charge in [-0.1, -0.05) is 35.9 Å². The first kappa shape index (κ1) is 19.2. The van der Waals surface area contributed by atoms with Crippen LogP contribution in [0.2, 0.25) is 5.02 Å². The zero-order valence-electron chi connectivity index (χ0n) is 15.5. The third-order valence-corrected chi connectivity index (χ3v) is 4.64. The van der Waals surface area contributed by atoms with Crippen molar-refractivity contribution in [3.8, 4) is 5.75 Å². The lowest BCUT2D eigenvalue weighted by molar-refractivity contribution is -0.118. The van der Waals surface area contributed by atoms with E-state index in [-0.39, 0.29) is 5.91 Å². The average molecular weight is 386 g/mol. The molecule has 27 heavy (non-hydrogen) atoms. The number of amides is 1. The van der Waals surface area contributed by atoms with E-state index in [0.29, 0.717) is 24.6 Å². The molecule has 0 aliphatic rings. The molecule has 1 heterocycles. The van der Waals surface area contributed by atoms with Crippen LogP contribution in [0.15, 0.2) is 48.5 Å². The second-order valence-corrected chi connectivity index (χ2v) is 6.79. The predicted molar refractivity (Wildman–Crippen MR) is 108 cm³/mol. The summed E-state index contributed by atoms with van der Waals surface area (Å²) in [5.74, 6) is 1.70. The Morgan fingerprint density at radius 1 is 1.15 bits per heavy atom. The Morgan fingerprint density at radius 3 is 2.74 bits per heavy atom. The molecule has 0 spiro atoms. The minimum atomic E-state index is -0.0191. The zero-order valence-corrected chi connectivity index (χ0v) is 16.2. The molecule has 0 radical (unpaired) electrons. The predicted octanol–water partition coefficient (Wildman–Crippen LogP) is 4.23. The van der Waals surface area contributed by atoms with Crippen molar-refractivity contribution in [1.29, 1.82) is 0 Å². The average Bonchev–Trinajstić information content (AvgIpc) is 3.00. The Labute approximate surface area is 164 Å². The molecule has 0 aliphatic carbocycles. The lowest BCUT2D eigenvalue weighted by atomic mass is 10.3. The SMILES string of the molecule is CC(=O)NCCc1nc2ccccc2n1CCCCOc1ccccc1Cl. The van der Waals surface area contributed by atoms with Crippen LogP contribution in [0.25, 0.3) is 11.0 Å². The topological polar surface area (TPSA) is 56.2 Å². The van der Waals surface area contributed by atoms with Crippen molar-refractivity contribution in [2.24, 2.45) is 0 Å². The van der Waals surface area contributed by atoms with Crippen molar-refractivity contribution in [3.63, 3.8) is 0 Å². The lowest BCUT2D eigenvalue weighted by Crippen LogP contribution is -2.23. The first-order valence-corrected chi connectivity index (χ1v) is 9.59. The van der Waals surface area contributed by atoms with Crippen molar-refractivity contribution in [2.45, 2.75) is 32.7 Å². The third kappa shape index (κ3) is 5.23. The quantitative estimate of drug-likeness (QED) is 0.561. The summed E-state index contributed by atoms with van der Waals surface area (Å²) in [6, 6.07) is 15.6. The summed E-state index contributed by atoms with van der Waals surface area (Å²) < 4.78 is 8.00. The Kier molecular flexibility index (Phi) is 6.71. The molecular weight excluding hydrogens is 362 g/mol. The van der Waals surface area contributed by atoms with Crippen LogP contribution in [0, 0.1) is 0 Å². The highest BCUT2D eigenvalue weighted by Gasteiger charge is 2.10. The van der Waals surface area contributed by atoms with Crippen molar-refractivity contribution < 1.29 is 9.53 Å². The van der Waals surface area contributed by atoms with Gasteiger partial charge in [-0.15, -0.1) is 0 Å². The van der Waals surface area contributed by atoms with Crippen LogP contribution in [0.3, 0.4) is 0 Å². The number of hydrogen-bond donors (Lipinski definition) is 1. The molecule has 0 atom stereocenters. The minimum absolute atomic E-state index is 0.0191. The first-order valence-electron chi connectivity index (χ1n) is 9.21. The number of halogens is 1. The summed E-state index contributed by atoms with van der Waals surface area (Å²) >= 11 is 6.11. The molecule has 142 valence electrons. The van der Waals surface area contributed by atoms with Gasteiger partial charge in [-0.05, 0) is 37.1 Å². The summed E-state index contributed by atoms with van der Waals surface area (Å²) in [6.07, 6.45) is 2.60. The standard InChI is InChI=1S/C21H24ClN3O2/c1-16(26)23-13-12-21-24-18-9-3-4-10-19(18)25(21)14-6-7-15-27-20-11-5-2-8-17(20)22/h2-5,8-11H,6-7,12-15H2,1H3,(H,23,26). The van der Waals surface area contributed by atoms with E-state index >= 15 is 0 Å². The number of fused-ring (bicyclic) bond motifs is 1. The molecular formula is C21H24ClN3O2. The number of nitrogens with zero attached hydrogens (tertiary/aromatic N) is 2. The smallest absolute Gasteiger partial charge is 0.216 e. The van der Waals surface area contributed by atoms with Crippen LogP contribution >= 0.6 is 11.6 Å². The number of rotatable bonds is 9. The van der Waals surface area contributed by atoms with Gasteiger partial charge in [-0.2, -0.15) is 0 Å². The molecule has 0 saturated carbocycles. The number of carbonyl (C=O) groups excluding carboxylic acids is 1. The van der Waals surface area contributed by atoms with Crippen LogP contribution in [0.5, 0.6) is 5.75 Å². The zero-order chi connectivity index (χ0) is 19.1. The van der Waals surface area contributed by atoms with E-state index in [1.807, 2.05) is 42.5 Å². The van der Waals surface area contributed by atoms with Crippen LogP contribution in [-0.4, -0.2) is 28.6 Å². The van der Waals surface area contributed by atoms with E-state index in [4.69, 9.17) is 21.3 Å². The van der Waals surface area contributed by atoms with Gasteiger partial charge < -0.3 is 14.6 Å². The van der Waals surface area contributed by atoms with Crippen LogP contribution in [0.4, 0.5) is 0 Å². The molecule has 1 aromatic heterocycles. The van der Waals surface area contributed by atoms with Gasteiger partial charge in [0.2, 0.25) is 5.91 Å². The molecule has 1 amide bonds. The molecule has 0 unspecified atom stereocenters. The molecule has 3 aromatic rings. The van der Waals surface area contributed by atoms with Gasteiger partial charge >= 0.3 is 0 Å². The molecule has 6 heteroatoms. The van der Waals surface area contributed by atoms with Gasteiger partial charge in [0, 0.05) is 26.4 Å². The Morgan fingerprint density at radius 2 is 1.93 bits per heavy atom. The van der Waals surface area contributed by atoms with E-state index in [1.54, 1.807) is 0 Å². The highest BCUT2D eigenvalue weighted by Crippen LogP contribution is 2.23. The fraction of sp³-hybridized carbons (Fsp3) is 0.333. The van der Waals surface area contributed by atoms with Gasteiger partial charge in [-0.3, -0.25) is 4.79 Å². The normalized spacial score (nSPS) is 10.9. The maximum Gasteiger partial charge on any atom is 0.216 e. The van der Waals surface area contributed by atoms with Crippen LogP contribution in [-0.2, 0) is 17.8 Å². The minimum Gasteiger partial charge on any atom is -0.492 e. The number of hydrogen-bond acceptors (Lipinski definition) is 3. The number of aromatic nitrogens is 2. The molecule has 1 N–H and O–H groups in total. The van der Waals surface area contributed by atoms with Crippen LogP contribution < -0.4 is 10.1 Å². The monoisotopic (exact) mass is 385 g/mol. The van der Waals surface area contributed by atoms with Gasteiger partial charge in [0.05, 0.1) is 22.7 Å². The number of aryl methyl sites for hydroxylation is 1. The molecule has 0 saturated heterocycles. The largest absolute Gasteiger partial charge is 0.492 e. The maximum absolute atomic E-state index is 11.1. The number of nitrogens with one attached hydrogen (secondary N) is 1. The van der Waals surface area contributed by atoms with E-state index in [2.05, 4.69) is 16.0 Å². The van der Waals surface area contributed by atoms with Crippen molar-refractivity contribution in [2.75, 3.05) is 13.2 Å². The van der Waals surface area contributed by atoms with Gasteiger partial charge in [0.15, 0.2) is 0 Å². The van der Waals surface area contributed by atoms with Crippen molar-refractivity contribution in [3.05, 3.63) is 59.4 Å². The van der Waals surface area contributed by atoms with E-state index < -0.39 is 0 Å². The first-order chi connectivity index (χ1) is 13.1. The summed E-state index contributed by atoms with van der Waals surface area (Å²) in [5, 5.41) is 3.48. The maximum atomic E-state index is 11.1. The Balaban J connectivity index is 1.58. The molecule has 0 aliphatic heterocycles. The second-order valence-electron chi connectivity index (χ2n) is 6.39. The Hall–Kier alpha value is -2.53. The van der Waals surface area contributed by atoms with E-state index in [1.165, 1.54) is 6.92 Å². The summed E-state index contributed by atoms with van der Waals surface area (Å²) in [4.78, 5) is 15.8. The highest BCUT2D eigenvalue weighted by atomic mass is 35.5. The number of carbonyl (C=O) groups is 1. The number of ether oxygens (including phenoxy) is 1. The van der Waals surface area contributed by atoms with Gasteiger partial charge in [0.25, 0.3) is 0 Å². The fourth-order valence-electron chi connectivity index (χ4n) is 3.03. The van der Waals surface area contributed by atoms with E-state index in [9.17, 15) is 4.79 Å². The summed E-state index contributed by atoms with van der Waals surface area (Å²) in [7, 11) is 0. The number of para-hydroxylation sites is 3. The van der Waals surface area contributed by atoms with Crippen molar-refractivity contribution >= 4 is 28.5 Å². The Bertz CT molecular complexity index is 907. The molecule has 5 nitrogen and oxygen atoms in total. The van der Waals surface area contributed by atoms with E-state index in [0.717, 1.165) is 42.0 Å². The highest BCUT2D eigenvalue weighted by molar-refractivity contribution is 6.32. The fourth-order valence-corrected chi connectivity index (χ4v) is 3.22. The summed E-state index contributed by atoms with van der Waals surface area (Å²) in [6.45, 7) is 3.61. The van der Waals surface area contributed by atoms with Crippen LogP contribution in [0.1, 0.15) is 25.6 Å². The molecule has 0 fully saturated rings. The van der Waals surface area contributed by atoms with Gasteiger partial charge in [-0.25, -0.2) is 4.98 Å². The molecule has 0 bridgehead atoms. The molecule has 2 aromatic carbocycles.